The Bertz CT molecular complexity index is 312. The van der Waals surface area contributed by atoms with Crippen molar-refractivity contribution in [3.63, 3.8) is 0 Å². The van der Waals surface area contributed by atoms with Crippen molar-refractivity contribution in [2.24, 2.45) is 5.41 Å². The molecule has 1 aliphatic rings. The van der Waals surface area contributed by atoms with Gasteiger partial charge >= 0.3 is 0 Å². The fraction of sp³-hybridized carbons (Fsp3) is 0.667. The second-order valence-corrected chi connectivity index (χ2v) is 6.08. The number of alkyl halides is 1. The van der Waals surface area contributed by atoms with Crippen LogP contribution in [0.5, 0.6) is 0 Å². The maximum atomic E-state index is 4.31. The van der Waals surface area contributed by atoms with Gasteiger partial charge in [-0.15, -0.1) is 11.8 Å². The highest BCUT2D eigenvalue weighted by Crippen LogP contribution is 2.41. The van der Waals surface area contributed by atoms with Crippen molar-refractivity contribution >= 4 is 27.7 Å². The van der Waals surface area contributed by atoms with Gasteiger partial charge in [-0.05, 0) is 18.3 Å². The number of nitrogens with zero attached hydrogens (tertiary/aromatic N) is 2. The maximum absolute atomic E-state index is 4.31. The Labute approximate surface area is 110 Å². The number of hydrogen-bond acceptors (Lipinski definition) is 3. The minimum atomic E-state index is 0.487. The monoisotopic (exact) mass is 300 g/mol. The first kappa shape index (κ1) is 12.4. The van der Waals surface area contributed by atoms with Gasteiger partial charge in [0.15, 0.2) is 0 Å². The largest absolute Gasteiger partial charge is 0.260 e. The zero-order valence-corrected chi connectivity index (χ0v) is 11.8. The molecule has 0 amide bonds. The van der Waals surface area contributed by atoms with Crippen LogP contribution in [0.1, 0.15) is 32.1 Å². The molecule has 0 aliphatic heterocycles. The SMILES string of the molecule is BrCC1(CSc2cnccn2)CCCCC1. The van der Waals surface area contributed by atoms with Gasteiger partial charge in [0.1, 0.15) is 5.03 Å². The van der Waals surface area contributed by atoms with Crippen molar-refractivity contribution < 1.29 is 0 Å². The molecule has 1 fully saturated rings. The molecule has 0 saturated heterocycles. The van der Waals surface area contributed by atoms with Crippen LogP contribution in [0.4, 0.5) is 0 Å². The summed E-state index contributed by atoms with van der Waals surface area (Å²) >= 11 is 5.54. The van der Waals surface area contributed by atoms with Crippen molar-refractivity contribution in [1.82, 2.24) is 9.97 Å². The summed E-state index contributed by atoms with van der Waals surface area (Å²) in [5.74, 6) is 1.16. The smallest absolute Gasteiger partial charge is 0.114 e. The Kier molecular flexibility index (Phi) is 4.65. The van der Waals surface area contributed by atoms with E-state index in [0.29, 0.717) is 5.41 Å². The molecular weight excluding hydrogens is 284 g/mol. The van der Waals surface area contributed by atoms with Crippen LogP contribution >= 0.6 is 27.7 Å². The molecule has 0 aromatic carbocycles. The van der Waals surface area contributed by atoms with Crippen LogP contribution < -0.4 is 0 Å². The Morgan fingerprint density at radius 1 is 1.25 bits per heavy atom. The van der Waals surface area contributed by atoms with Crippen LogP contribution in [0, 0.1) is 5.41 Å². The fourth-order valence-corrected chi connectivity index (χ4v) is 4.34. The number of thioether (sulfide) groups is 1. The lowest BCUT2D eigenvalue weighted by Gasteiger charge is -2.35. The van der Waals surface area contributed by atoms with E-state index >= 15 is 0 Å². The molecule has 1 heterocycles. The highest BCUT2D eigenvalue weighted by Gasteiger charge is 2.30. The Morgan fingerprint density at radius 3 is 2.69 bits per heavy atom. The standard InChI is InChI=1S/C12H17BrN2S/c13-9-12(4-2-1-3-5-12)10-16-11-8-14-6-7-15-11/h6-8H,1-5,9-10H2. The van der Waals surface area contributed by atoms with Gasteiger partial charge in [-0.25, -0.2) is 4.98 Å². The Balaban J connectivity index is 1.92. The summed E-state index contributed by atoms with van der Waals surface area (Å²) < 4.78 is 0. The summed E-state index contributed by atoms with van der Waals surface area (Å²) in [6, 6.07) is 0. The van der Waals surface area contributed by atoms with Gasteiger partial charge in [-0.3, -0.25) is 4.98 Å². The predicted octanol–water partition coefficient (Wildman–Crippen LogP) is 3.91. The molecule has 16 heavy (non-hydrogen) atoms. The van der Waals surface area contributed by atoms with Crippen molar-refractivity contribution in [2.75, 3.05) is 11.1 Å². The lowest BCUT2D eigenvalue weighted by atomic mass is 9.77. The highest BCUT2D eigenvalue weighted by molar-refractivity contribution is 9.09. The van der Waals surface area contributed by atoms with Crippen molar-refractivity contribution in [2.45, 2.75) is 37.1 Å². The van der Waals surface area contributed by atoms with E-state index in [9.17, 15) is 0 Å². The molecule has 2 nitrogen and oxygen atoms in total. The molecule has 0 N–H and O–H groups in total. The molecular formula is C12H17BrN2S. The third-order valence-electron chi connectivity index (χ3n) is 3.26. The number of halogens is 1. The summed E-state index contributed by atoms with van der Waals surface area (Å²) in [6.45, 7) is 0. The predicted molar refractivity (Wildman–Crippen MR) is 72.1 cm³/mol. The average Bonchev–Trinajstić information content (AvgIpc) is 2.39. The van der Waals surface area contributed by atoms with Crippen LogP contribution in [-0.4, -0.2) is 21.1 Å². The topological polar surface area (TPSA) is 25.8 Å². The number of hydrogen-bond donors (Lipinski definition) is 0. The van der Waals surface area contributed by atoms with E-state index in [0.717, 1.165) is 16.1 Å². The summed E-state index contributed by atoms with van der Waals surface area (Å²) in [5, 5.41) is 2.17. The van der Waals surface area contributed by atoms with Gasteiger partial charge in [0.05, 0.1) is 6.20 Å². The van der Waals surface area contributed by atoms with E-state index in [1.165, 1.54) is 32.1 Å². The van der Waals surface area contributed by atoms with Gasteiger partial charge in [0, 0.05) is 23.5 Å². The molecule has 0 atom stereocenters. The van der Waals surface area contributed by atoms with E-state index in [1.807, 2.05) is 18.0 Å². The molecule has 2 rings (SSSR count). The Morgan fingerprint density at radius 2 is 2.06 bits per heavy atom. The fourth-order valence-electron chi connectivity index (χ4n) is 2.21. The molecule has 1 saturated carbocycles. The second kappa shape index (κ2) is 6.01. The summed E-state index contributed by atoms with van der Waals surface area (Å²) in [4.78, 5) is 8.42. The van der Waals surface area contributed by atoms with Crippen LogP contribution in [0.3, 0.4) is 0 Å². The summed E-state index contributed by atoms with van der Waals surface area (Å²) in [6.07, 6.45) is 12.2. The lowest BCUT2D eigenvalue weighted by molar-refractivity contribution is 0.260. The van der Waals surface area contributed by atoms with Crippen LogP contribution in [0.15, 0.2) is 23.6 Å². The number of aromatic nitrogens is 2. The Hall–Kier alpha value is -0.0900. The molecule has 0 radical (unpaired) electrons. The second-order valence-electron chi connectivity index (χ2n) is 4.53. The first-order valence-electron chi connectivity index (χ1n) is 5.79. The quantitative estimate of drug-likeness (QED) is 0.623. The lowest BCUT2D eigenvalue weighted by Crippen LogP contribution is -2.28. The van der Waals surface area contributed by atoms with Crippen molar-refractivity contribution in [3.8, 4) is 0 Å². The maximum Gasteiger partial charge on any atom is 0.114 e. The minimum absolute atomic E-state index is 0.487. The minimum Gasteiger partial charge on any atom is -0.260 e. The molecule has 1 aliphatic carbocycles. The van der Waals surface area contributed by atoms with Gasteiger partial charge in [0.2, 0.25) is 0 Å². The summed E-state index contributed by atoms with van der Waals surface area (Å²) in [7, 11) is 0. The first-order valence-corrected chi connectivity index (χ1v) is 7.90. The average molecular weight is 301 g/mol. The zero-order valence-electron chi connectivity index (χ0n) is 9.36. The molecule has 4 heteroatoms. The molecule has 0 spiro atoms. The normalized spacial score (nSPS) is 19.6. The van der Waals surface area contributed by atoms with Gasteiger partial charge in [-0.1, -0.05) is 35.2 Å². The van der Waals surface area contributed by atoms with Crippen LogP contribution in [-0.2, 0) is 0 Å². The van der Waals surface area contributed by atoms with Gasteiger partial charge in [0.25, 0.3) is 0 Å². The molecule has 0 unspecified atom stereocenters. The van der Waals surface area contributed by atoms with Gasteiger partial charge < -0.3 is 0 Å². The van der Waals surface area contributed by atoms with Crippen molar-refractivity contribution in [1.29, 1.82) is 0 Å². The van der Waals surface area contributed by atoms with E-state index in [-0.39, 0.29) is 0 Å². The number of rotatable bonds is 4. The highest BCUT2D eigenvalue weighted by atomic mass is 79.9. The van der Waals surface area contributed by atoms with Crippen molar-refractivity contribution in [3.05, 3.63) is 18.6 Å². The van der Waals surface area contributed by atoms with E-state index < -0.39 is 0 Å². The molecule has 1 aromatic heterocycles. The van der Waals surface area contributed by atoms with E-state index in [4.69, 9.17) is 0 Å². The summed E-state index contributed by atoms with van der Waals surface area (Å²) in [5.41, 5.74) is 0.487. The van der Waals surface area contributed by atoms with Crippen LogP contribution in [0.25, 0.3) is 0 Å². The molecule has 1 aromatic rings. The third-order valence-corrected chi connectivity index (χ3v) is 5.72. The molecule has 88 valence electrons. The third kappa shape index (κ3) is 3.20. The first-order chi connectivity index (χ1) is 7.85. The van der Waals surface area contributed by atoms with E-state index in [1.54, 1.807) is 12.4 Å². The zero-order chi connectivity index (χ0) is 11.3. The van der Waals surface area contributed by atoms with Crippen LogP contribution in [0.2, 0.25) is 0 Å². The van der Waals surface area contributed by atoms with E-state index in [2.05, 4.69) is 25.9 Å². The van der Waals surface area contributed by atoms with Gasteiger partial charge in [-0.2, -0.15) is 0 Å². The molecule has 0 bridgehead atoms.